The molecule has 0 aliphatic carbocycles. The second-order valence-electron chi connectivity index (χ2n) is 4.45. The number of hydrogen-bond donors (Lipinski definition) is 3. The molecule has 0 aromatic heterocycles. The maximum absolute atomic E-state index is 11.7. The first-order valence-electron chi connectivity index (χ1n) is 5.60. The van der Waals surface area contributed by atoms with Crippen molar-refractivity contribution in [2.24, 2.45) is 17.6 Å². The van der Waals surface area contributed by atoms with Crippen LogP contribution >= 0.6 is 0 Å². The third kappa shape index (κ3) is 4.62. The van der Waals surface area contributed by atoms with Gasteiger partial charge in [-0.2, -0.15) is 0 Å². The molecular weight excluding hydrogens is 192 g/mol. The van der Waals surface area contributed by atoms with Crippen molar-refractivity contribution in [3.05, 3.63) is 0 Å². The Balaban J connectivity index is 4.22. The highest BCUT2D eigenvalue weighted by Gasteiger charge is 2.22. The van der Waals surface area contributed by atoms with Crippen molar-refractivity contribution in [1.29, 1.82) is 0 Å². The van der Waals surface area contributed by atoms with E-state index >= 15 is 0 Å². The van der Waals surface area contributed by atoms with Crippen molar-refractivity contribution in [3.63, 3.8) is 0 Å². The third-order valence-electron chi connectivity index (χ3n) is 2.89. The molecule has 4 heteroatoms. The lowest BCUT2D eigenvalue weighted by Gasteiger charge is -2.24. The van der Waals surface area contributed by atoms with E-state index in [1.54, 1.807) is 0 Å². The maximum Gasteiger partial charge on any atom is 0.237 e. The molecule has 0 rings (SSSR count). The van der Waals surface area contributed by atoms with Crippen LogP contribution < -0.4 is 11.1 Å². The number of nitrogens with two attached hydrogens (primary N) is 1. The molecule has 3 unspecified atom stereocenters. The first-order chi connectivity index (χ1) is 6.93. The van der Waals surface area contributed by atoms with Gasteiger partial charge in [0.2, 0.25) is 5.91 Å². The van der Waals surface area contributed by atoms with Gasteiger partial charge < -0.3 is 16.2 Å². The average molecular weight is 216 g/mol. The predicted molar refractivity (Wildman–Crippen MR) is 61.3 cm³/mol. The van der Waals surface area contributed by atoms with Crippen molar-refractivity contribution >= 4 is 5.91 Å². The lowest BCUT2D eigenvalue weighted by atomic mass is 9.98. The van der Waals surface area contributed by atoms with Crippen LogP contribution in [0.4, 0.5) is 0 Å². The number of aliphatic hydroxyl groups excluding tert-OH is 1. The van der Waals surface area contributed by atoms with Crippen LogP contribution in [0.15, 0.2) is 0 Å². The Morgan fingerprint density at radius 1 is 1.40 bits per heavy atom. The van der Waals surface area contributed by atoms with Crippen molar-refractivity contribution in [3.8, 4) is 0 Å². The summed E-state index contributed by atoms with van der Waals surface area (Å²) in [7, 11) is 0. The van der Waals surface area contributed by atoms with Gasteiger partial charge in [-0.1, -0.05) is 34.1 Å². The highest BCUT2D eigenvalue weighted by Crippen LogP contribution is 2.07. The minimum Gasteiger partial charge on any atom is -0.394 e. The second kappa shape index (κ2) is 6.80. The molecule has 0 aliphatic rings. The van der Waals surface area contributed by atoms with Gasteiger partial charge in [-0.15, -0.1) is 0 Å². The predicted octanol–water partition coefficient (Wildman–Crippen LogP) is 0.493. The number of carbonyl (C=O) groups is 1. The lowest BCUT2D eigenvalue weighted by molar-refractivity contribution is -0.124. The van der Waals surface area contributed by atoms with Gasteiger partial charge in [0.1, 0.15) is 0 Å². The molecule has 1 amide bonds. The molecule has 0 aliphatic heterocycles. The molecule has 3 atom stereocenters. The van der Waals surface area contributed by atoms with Gasteiger partial charge in [-0.25, -0.2) is 0 Å². The van der Waals surface area contributed by atoms with Crippen LogP contribution in [-0.4, -0.2) is 29.7 Å². The van der Waals surface area contributed by atoms with Crippen LogP contribution in [0.5, 0.6) is 0 Å². The van der Waals surface area contributed by atoms with Crippen LogP contribution in [0, 0.1) is 11.8 Å². The number of aliphatic hydroxyl groups is 1. The zero-order chi connectivity index (χ0) is 12.0. The van der Waals surface area contributed by atoms with E-state index in [0.717, 1.165) is 6.42 Å². The minimum atomic E-state index is -0.484. The molecule has 0 spiro atoms. The van der Waals surface area contributed by atoms with Crippen LogP contribution in [0.25, 0.3) is 0 Å². The second-order valence-corrected chi connectivity index (χ2v) is 4.45. The quantitative estimate of drug-likeness (QED) is 0.605. The normalized spacial score (nSPS) is 17.3. The van der Waals surface area contributed by atoms with Gasteiger partial charge in [-0.3, -0.25) is 4.79 Å². The van der Waals surface area contributed by atoms with E-state index in [2.05, 4.69) is 5.32 Å². The molecule has 0 aromatic rings. The van der Waals surface area contributed by atoms with E-state index in [4.69, 9.17) is 10.8 Å². The zero-order valence-corrected chi connectivity index (χ0v) is 10.2. The van der Waals surface area contributed by atoms with Crippen LogP contribution in [-0.2, 0) is 4.79 Å². The molecule has 0 bridgehead atoms. The molecule has 0 saturated heterocycles. The van der Waals surface area contributed by atoms with Crippen LogP contribution in [0.1, 0.15) is 34.1 Å². The van der Waals surface area contributed by atoms with Gasteiger partial charge in [0.05, 0.1) is 18.7 Å². The Morgan fingerprint density at radius 3 is 2.27 bits per heavy atom. The highest BCUT2D eigenvalue weighted by atomic mass is 16.3. The first-order valence-corrected chi connectivity index (χ1v) is 5.60. The van der Waals surface area contributed by atoms with Gasteiger partial charge in [0, 0.05) is 0 Å². The summed E-state index contributed by atoms with van der Waals surface area (Å²) in [6.45, 7) is 7.82. The standard InChI is InChI=1S/C11H24N2O2/c1-5-8(4)10(12)11(15)13-9(6-14)7(2)3/h7-10,14H,5-6,12H2,1-4H3,(H,13,15). The molecule has 0 heterocycles. The van der Waals surface area contributed by atoms with Crippen molar-refractivity contribution < 1.29 is 9.90 Å². The number of hydrogen-bond acceptors (Lipinski definition) is 3. The third-order valence-corrected chi connectivity index (χ3v) is 2.89. The molecule has 15 heavy (non-hydrogen) atoms. The summed E-state index contributed by atoms with van der Waals surface area (Å²) in [4.78, 5) is 11.7. The molecule has 0 aromatic carbocycles. The van der Waals surface area contributed by atoms with Gasteiger partial charge >= 0.3 is 0 Å². The largest absolute Gasteiger partial charge is 0.394 e. The van der Waals surface area contributed by atoms with Crippen molar-refractivity contribution in [2.75, 3.05) is 6.61 Å². The summed E-state index contributed by atoms with van der Waals surface area (Å²) in [6.07, 6.45) is 0.875. The lowest BCUT2D eigenvalue weighted by Crippen LogP contribution is -2.50. The zero-order valence-electron chi connectivity index (χ0n) is 10.2. The SMILES string of the molecule is CCC(C)C(N)C(=O)NC(CO)C(C)C. The van der Waals surface area contributed by atoms with E-state index in [9.17, 15) is 4.79 Å². The molecule has 4 nitrogen and oxygen atoms in total. The Morgan fingerprint density at radius 2 is 1.93 bits per heavy atom. The van der Waals surface area contributed by atoms with Crippen molar-refractivity contribution in [1.82, 2.24) is 5.32 Å². The number of amides is 1. The molecular formula is C11H24N2O2. The molecule has 0 radical (unpaired) electrons. The molecule has 0 saturated carbocycles. The van der Waals surface area contributed by atoms with Gasteiger partial charge in [0.25, 0.3) is 0 Å². The van der Waals surface area contributed by atoms with E-state index in [1.807, 2.05) is 27.7 Å². The summed E-state index contributed by atoms with van der Waals surface area (Å²) >= 11 is 0. The van der Waals surface area contributed by atoms with Crippen molar-refractivity contribution in [2.45, 2.75) is 46.2 Å². The smallest absolute Gasteiger partial charge is 0.237 e. The summed E-state index contributed by atoms with van der Waals surface area (Å²) in [5.41, 5.74) is 5.78. The summed E-state index contributed by atoms with van der Waals surface area (Å²) in [6, 6.07) is -0.685. The Bertz CT molecular complexity index is 195. The fraction of sp³-hybridized carbons (Fsp3) is 0.909. The molecule has 0 fully saturated rings. The Hall–Kier alpha value is -0.610. The number of rotatable bonds is 6. The Kier molecular flexibility index (Phi) is 6.52. The van der Waals surface area contributed by atoms with Gasteiger partial charge in [0.15, 0.2) is 0 Å². The van der Waals surface area contributed by atoms with E-state index in [0.29, 0.717) is 0 Å². The minimum absolute atomic E-state index is 0.0450. The summed E-state index contributed by atoms with van der Waals surface area (Å²) in [5.74, 6) is 0.205. The van der Waals surface area contributed by atoms with Crippen LogP contribution in [0.3, 0.4) is 0 Å². The van der Waals surface area contributed by atoms with Gasteiger partial charge in [-0.05, 0) is 11.8 Å². The molecule has 4 N–H and O–H groups in total. The topological polar surface area (TPSA) is 75.4 Å². The van der Waals surface area contributed by atoms with E-state index < -0.39 is 6.04 Å². The summed E-state index contributed by atoms with van der Waals surface area (Å²) in [5, 5.41) is 11.8. The molecule has 90 valence electrons. The highest BCUT2D eigenvalue weighted by molar-refractivity contribution is 5.82. The Labute approximate surface area is 92.2 Å². The summed E-state index contributed by atoms with van der Waals surface area (Å²) < 4.78 is 0. The van der Waals surface area contributed by atoms with E-state index in [1.165, 1.54) is 0 Å². The first kappa shape index (κ1) is 14.4. The van der Waals surface area contributed by atoms with E-state index in [-0.39, 0.29) is 30.4 Å². The van der Waals surface area contributed by atoms with Crippen LogP contribution in [0.2, 0.25) is 0 Å². The monoisotopic (exact) mass is 216 g/mol. The fourth-order valence-electron chi connectivity index (χ4n) is 1.21. The number of nitrogens with one attached hydrogen (secondary N) is 1. The fourth-order valence-corrected chi connectivity index (χ4v) is 1.21. The number of carbonyl (C=O) groups excluding carboxylic acids is 1. The average Bonchev–Trinajstić information content (AvgIpc) is 2.22. The maximum atomic E-state index is 11.7.